The molecule has 1 aromatic carbocycles. The molecule has 1 aromatic heterocycles. The van der Waals surface area contributed by atoms with Crippen LogP contribution in [0.2, 0.25) is 5.02 Å². The zero-order valence-electron chi connectivity index (χ0n) is 11.2. The van der Waals surface area contributed by atoms with Gasteiger partial charge in [0.1, 0.15) is 0 Å². The van der Waals surface area contributed by atoms with E-state index in [1.54, 1.807) is 18.2 Å². The Hall–Kier alpha value is -0.850. The summed E-state index contributed by atoms with van der Waals surface area (Å²) in [5.74, 6) is 0.346. The van der Waals surface area contributed by atoms with Crippen molar-refractivity contribution in [2.75, 3.05) is 5.73 Å². The van der Waals surface area contributed by atoms with Crippen LogP contribution in [0.5, 0.6) is 0 Å². The van der Waals surface area contributed by atoms with E-state index in [-0.39, 0.29) is 0 Å². The maximum Gasteiger partial charge on any atom is 0.0739 e. The van der Waals surface area contributed by atoms with Crippen molar-refractivity contribution in [3.8, 4) is 0 Å². The summed E-state index contributed by atoms with van der Waals surface area (Å²) in [5.41, 5.74) is 8.07. The highest BCUT2D eigenvalue weighted by molar-refractivity contribution is 9.10. The van der Waals surface area contributed by atoms with Crippen LogP contribution in [0.15, 0.2) is 27.6 Å². The molecule has 7 heteroatoms. The number of hydrogen-bond acceptors (Lipinski definition) is 3. The highest BCUT2D eigenvalue weighted by Gasteiger charge is 2.17. The van der Waals surface area contributed by atoms with Crippen molar-refractivity contribution in [3.05, 3.63) is 39.1 Å². The zero-order valence-corrected chi connectivity index (χ0v) is 14.3. The molecule has 0 amide bonds. The van der Waals surface area contributed by atoms with Crippen LogP contribution in [0.4, 0.5) is 5.69 Å². The molecule has 0 aliphatic rings. The second-order valence-electron chi connectivity index (χ2n) is 4.34. The third-order valence-corrected chi connectivity index (χ3v) is 5.76. The van der Waals surface area contributed by atoms with Gasteiger partial charge in [0.2, 0.25) is 0 Å². The number of nitrogen functional groups attached to an aromatic ring is 1. The van der Waals surface area contributed by atoms with Crippen LogP contribution in [0.25, 0.3) is 0 Å². The second-order valence-corrected chi connectivity index (χ2v) is 6.96. The summed E-state index contributed by atoms with van der Waals surface area (Å²) in [4.78, 5) is 0.556. The van der Waals surface area contributed by atoms with Crippen LogP contribution in [0, 0.1) is 6.92 Å². The minimum Gasteiger partial charge on any atom is -0.399 e. The van der Waals surface area contributed by atoms with E-state index in [1.807, 2.05) is 18.5 Å². The van der Waals surface area contributed by atoms with Gasteiger partial charge in [-0.3, -0.25) is 8.89 Å². The van der Waals surface area contributed by atoms with Gasteiger partial charge in [0.15, 0.2) is 0 Å². The highest BCUT2D eigenvalue weighted by Crippen LogP contribution is 2.27. The predicted octanol–water partition coefficient (Wildman–Crippen LogP) is 3.52. The van der Waals surface area contributed by atoms with Gasteiger partial charge in [0, 0.05) is 12.2 Å². The second kappa shape index (κ2) is 6.28. The van der Waals surface area contributed by atoms with Gasteiger partial charge in [-0.05, 0) is 48.0 Å². The van der Waals surface area contributed by atoms with Crippen molar-refractivity contribution in [1.29, 1.82) is 0 Å². The first kappa shape index (κ1) is 15.5. The normalized spacial score (nSPS) is 12.6. The van der Waals surface area contributed by atoms with E-state index in [4.69, 9.17) is 17.3 Å². The summed E-state index contributed by atoms with van der Waals surface area (Å²) in [7, 11) is -1.27. The van der Waals surface area contributed by atoms with Crippen LogP contribution < -0.4 is 5.73 Å². The van der Waals surface area contributed by atoms with Gasteiger partial charge in [0.25, 0.3) is 0 Å². The van der Waals surface area contributed by atoms with E-state index >= 15 is 0 Å². The first-order valence-corrected chi connectivity index (χ1v) is 8.58. The molecule has 0 fully saturated rings. The summed E-state index contributed by atoms with van der Waals surface area (Å²) in [6.07, 6.45) is 0. The Morgan fingerprint density at radius 2 is 2.20 bits per heavy atom. The van der Waals surface area contributed by atoms with Crippen LogP contribution in [0.3, 0.4) is 0 Å². The Labute approximate surface area is 133 Å². The first-order valence-electron chi connectivity index (χ1n) is 6.09. The third kappa shape index (κ3) is 3.07. The SMILES string of the molecule is CCn1nc(C)c(Br)c1CS(=O)c1cc(N)ccc1Cl. The third-order valence-electron chi connectivity index (χ3n) is 2.92. The van der Waals surface area contributed by atoms with Crippen LogP contribution >= 0.6 is 27.5 Å². The van der Waals surface area contributed by atoms with Gasteiger partial charge in [-0.25, -0.2) is 0 Å². The molecule has 2 aromatic rings. The van der Waals surface area contributed by atoms with E-state index < -0.39 is 10.8 Å². The molecule has 0 aliphatic heterocycles. The van der Waals surface area contributed by atoms with E-state index in [2.05, 4.69) is 21.0 Å². The molecular formula is C13H15BrClN3OS. The van der Waals surface area contributed by atoms with Crippen molar-refractivity contribution in [2.24, 2.45) is 0 Å². The maximum absolute atomic E-state index is 12.5. The molecule has 1 atom stereocenters. The van der Waals surface area contributed by atoms with Gasteiger partial charge in [-0.2, -0.15) is 5.10 Å². The van der Waals surface area contributed by atoms with Crippen molar-refractivity contribution in [2.45, 2.75) is 31.0 Å². The molecule has 0 spiro atoms. The van der Waals surface area contributed by atoms with E-state index in [0.717, 1.165) is 22.4 Å². The van der Waals surface area contributed by atoms with E-state index in [9.17, 15) is 4.21 Å². The number of aryl methyl sites for hydroxylation is 2. The summed E-state index contributed by atoms with van der Waals surface area (Å²) in [5, 5.41) is 4.86. The Balaban J connectivity index is 2.35. The fraction of sp³-hybridized carbons (Fsp3) is 0.308. The quantitative estimate of drug-likeness (QED) is 0.831. The van der Waals surface area contributed by atoms with Gasteiger partial charge >= 0.3 is 0 Å². The minimum absolute atomic E-state index is 0.346. The number of benzene rings is 1. The number of aromatic nitrogens is 2. The summed E-state index contributed by atoms with van der Waals surface area (Å²) < 4.78 is 15.3. The van der Waals surface area contributed by atoms with Gasteiger partial charge in [-0.1, -0.05) is 11.6 Å². The molecule has 1 heterocycles. The molecule has 0 saturated heterocycles. The van der Waals surface area contributed by atoms with Crippen molar-refractivity contribution >= 4 is 44.0 Å². The number of anilines is 1. The molecule has 4 nitrogen and oxygen atoms in total. The van der Waals surface area contributed by atoms with Crippen LogP contribution in [-0.4, -0.2) is 14.0 Å². The number of rotatable bonds is 4. The predicted molar refractivity (Wildman–Crippen MR) is 86.3 cm³/mol. The van der Waals surface area contributed by atoms with Gasteiger partial charge < -0.3 is 5.73 Å². The number of nitrogens with zero attached hydrogens (tertiary/aromatic N) is 2. The summed E-state index contributed by atoms with van der Waals surface area (Å²) >= 11 is 9.59. The fourth-order valence-electron chi connectivity index (χ4n) is 1.90. The van der Waals surface area contributed by atoms with Crippen molar-refractivity contribution in [3.63, 3.8) is 0 Å². The standard InChI is InChI=1S/C13H15BrClN3OS/c1-3-18-11(13(14)8(2)17-18)7-20(19)12-6-9(16)4-5-10(12)15/h4-6H,3,7,16H2,1-2H3. The number of halogens is 2. The largest absolute Gasteiger partial charge is 0.399 e. The zero-order chi connectivity index (χ0) is 14.9. The van der Waals surface area contributed by atoms with E-state index in [1.165, 1.54) is 0 Å². The molecule has 0 saturated carbocycles. The molecule has 2 N–H and O–H groups in total. The van der Waals surface area contributed by atoms with Crippen molar-refractivity contribution in [1.82, 2.24) is 9.78 Å². The lowest BCUT2D eigenvalue weighted by molar-refractivity contribution is 0.626. The molecule has 108 valence electrons. The molecule has 0 radical (unpaired) electrons. The molecule has 2 rings (SSSR count). The monoisotopic (exact) mass is 375 g/mol. The summed E-state index contributed by atoms with van der Waals surface area (Å²) in [6.45, 7) is 4.64. The average Bonchev–Trinajstić information content (AvgIpc) is 2.69. The Morgan fingerprint density at radius 1 is 1.50 bits per heavy atom. The Bertz CT molecular complexity index is 672. The lowest BCUT2D eigenvalue weighted by Gasteiger charge is -2.08. The topological polar surface area (TPSA) is 60.9 Å². The van der Waals surface area contributed by atoms with Crippen LogP contribution in [-0.2, 0) is 23.1 Å². The van der Waals surface area contributed by atoms with Gasteiger partial charge in [-0.15, -0.1) is 0 Å². The average molecular weight is 377 g/mol. The van der Waals surface area contributed by atoms with E-state index in [0.29, 0.717) is 21.4 Å². The highest BCUT2D eigenvalue weighted by atomic mass is 79.9. The molecule has 0 aliphatic carbocycles. The summed E-state index contributed by atoms with van der Waals surface area (Å²) in [6, 6.07) is 5.02. The first-order chi connectivity index (χ1) is 9.43. The number of hydrogen-bond donors (Lipinski definition) is 1. The molecule has 20 heavy (non-hydrogen) atoms. The Kier molecular flexibility index (Phi) is 4.88. The fourth-order valence-corrected chi connectivity index (χ4v) is 4.14. The van der Waals surface area contributed by atoms with Crippen molar-refractivity contribution < 1.29 is 4.21 Å². The van der Waals surface area contributed by atoms with Crippen LogP contribution in [0.1, 0.15) is 18.3 Å². The Morgan fingerprint density at radius 3 is 2.85 bits per heavy atom. The minimum atomic E-state index is -1.27. The maximum atomic E-state index is 12.5. The lowest BCUT2D eigenvalue weighted by atomic mass is 10.3. The smallest absolute Gasteiger partial charge is 0.0739 e. The lowest BCUT2D eigenvalue weighted by Crippen LogP contribution is -2.07. The van der Waals surface area contributed by atoms with Gasteiger partial charge in [0.05, 0.1) is 42.3 Å². The molecular weight excluding hydrogens is 362 g/mol. The molecule has 1 unspecified atom stereocenters. The molecule has 0 bridgehead atoms. The number of nitrogens with two attached hydrogens (primary N) is 1.